The molecule has 2 aromatic carbocycles. The molecule has 3 heterocycles. The fraction of sp³-hybridized carbons (Fsp3) is 0.433. The van der Waals surface area contributed by atoms with Gasteiger partial charge in [0.15, 0.2) is 0 Å². The summed E-state index contributed by atoms with van der Waals surface area (Å²) in [5, 5.41) is 0. The first kappa shape index (κ1) is 23.8. The highest BCUT2D eigenvalue weighted by molar-refractivity contribution is 6.09. The van der Waals surface area contributed by atoms with Crippen LogP contribution < -0.4 is 4.90 Å². The lowest BCUT2D eigenvalue weighted by atomic mass is 9.75. The predicted octanol–water partition coefficient (Wildman–Crippen LogP) is 5.00. The molecular formula is C30H34N4O3. The van der Waals surface area contributed by atoms with E-state index in [1.807, 2.05) is 59.5 Å². The molecule has 1 spiro atoms. The zero-order valence-corrected chi connectivity index (χ0v) is 21.5. The summed E-state index contributed by atoms with van der Waals surface area (Å²) < 4.78 is 7.91. The first-order chi connectivity index (χ1) is 18.1. The van der Waals surface area contributed by atoms with E-state index in [1.54, 1.807) is 4.90 Å². The first-order valence-corrected chi connectivity index (χ1v) is 13.5. The molecule has 192 valence electrons. The predicted molar refractivity (Wildman–Crippen MR) is 141 cm³/mol. The van der Waals surface area contributed by atoms with Gasteiger partial charge in [-0.1, -0.05) is 61.9 Å². The van der Waals surface area contributed by atoms with E-state index in [-0.39, 0.29) is 18.6 Å². The monoisotopic (exact) mass is 498 g/mol. The van der Waals surface area contributed by atoms with E-state index in [0.717, 1.165) is 54.9 Å². The lowest BCUT2D eigenvalue weighted by Gasteiger charge is -2.45. The van der Waals surface area contributed by atoms with E-state index in [0.29, 0.717) is 19.6 Å². The average molecular weight is 499 g/mol. The summed E-state index contributed by atoms with van der Waals surface area (Å²) in [4.78, 5) is 35.3. The summed E-state index contributed by atoms with van der Waals surface area (Å²) in [5.41, 5.74) is 4.75. The Kier molecular flexibility index (Phi) is 6.22. The van der Waals surface area contributed by atoms with Crippen LogP contribution in [0.15, 0.2) is 54.6 Å². The highest BCUT2D eigenvalue weighted by Gasteiger charge is 2.59. The summed E-state index contributed by atoms with van der Waals surface area (Å²) in [5.74, 6) is 1.04. The van der Waals surface area contributed by atoms with Gasteiger partial charge in [0, 0.05) is 31.0 Å². The SMILES string of the molecule is CCCCn1c(CN2C(=O)C3(CN(C(=O)OCc4ccccc4)C3)c3ccccc32)nc2c1CCCC2. The number of carbonyl (C=O) groups is 2. The number of nitrogens with zero attached hydrogens (tertiary/aromatic N) is 4. The number of carbonyl (C=O) groups excluding carboxylic acids is 2. The van der Waals surface area contributed by atoms with Crippen LogP contribution in [0.3, 0.4) is 0 Å². The Morgan fingerprint density at radius 3 is 2.59 bits per heavy atom. The number of fused-ring (bicyclic) bond motifs is 3. The molecule has 1 saturated heterocycles. The number of likely N-dealkylation sites (tertiary alicyclic amines) is 1. The summed E-state index contributed by atoms with van der Waals surface area (Å²) in [7, 11) is 0. The number of hydrogen-bond donors (Lipinski definition) is 0. The number of imidazole rings is 1. The maximum atomic E-state index is 14.0. The average Bonchev–Trinajstić information content (AvgIpc) is 3.38. The van der Waals surface area contributed by atoms with Crippen molar-refractivity contribution in [3.63, 3.8) is 0 Å². The second kappa shape index (κ2) is 9.69. The third-order valence-electron chi connectivity index (χ3n) is 8.10. The molecule has 0 radical (unpaired) electrons. The Morgan fingerprint density at radius 2 is 1.78 bits per heavy atom. The molecule has 0 bridgehead atoms. The molecule has 0 unspecified atom stereocenters. The first-order valence-electron chi connectivity index (χ1n) is 13.5. The van der Waals surface area contributed by atoms with Gasteiger partial charge in [0.1, 0.15) is 17.8 Å². The quantitative estimate of drug-likeness (QED) is 0.460. The van der Waals surface area contributed by atoms with Crippen LogP contribution in [0.1, 0.15) is 60.9 Å². The lowest BCUT2D eigenvalue weighted by Crippen LogP contribution is -2.65. The number of para-hydroxylation sites is 1. The number of unbranched alkanes of at least 4 members (excludes halogenated alkanes) is 1. The number of amides is 2. The number of aromatic nitrogens is 2. The standard InChI is InChI=1S/C30H34N4O3/c1-2-3-17-33-26-16-10-8-14-24(26)31-27(33)18-34-25-15-9-7-13-23(25)30(28(34)35)20-32(21-30)29(36)37-19-22-11-5-4-6-12-22/h4-7,9,11-13,15H,2-3,8,10,14,16-21H2,1H3. The molecule has 0 atom stereocenters. The second-order valence-electron chi connectivity index (χ2n) is 10.5. The molecule has 7 heteroatoms. The number of anilines is 1. The van der Waals surface area contributed by atoms with E-state index in [9.17, 15) is 9.59 Å². The van der Waals surface area contributed by atoms with Crippen LogP contribution in [0.2, 0.25) is 0 Å². The third kappa shape index (κ3) is 4.10. The molecule has 3 aliphatic rings. The lowest BCUT2D eigenvalue weighted by molar-refractivity contribution is -0.128. The number of ether oxygens (including phenoxy) is 1. The van der Waals surface area contributed by atoms with E-state index in [1.165, 1.54) is 24.2 Å². The summed E-state index contributed by atoms with van der Waals surface area (Å²) in [6.07, 6.45) is 6.33. The normalized spacial score (nSPS) is 17.5. The number of aryl methyl sites for hydroxylation is 1. The van der Waals surface area contributed by atoms with Gasteiger partial charge in [-0.3, -0.25) is 4.79 Å². The van der Waals surface area contributed by atoms with E-state index in [2.05, 4.69) is 11.5 Å². The van der Waals surface area contributed by atoms with Crippen LogP contribution in [-0.2, 0) is 47.5 Å². The minimum Gasteiger partial charge on any atom is -0.445 e. The highest BCUT2D eigenvalue weighted by atomic mass is 16.6. The van der Waals surface area contributed by atoms with Crippen molar-refractivity contribution in [2.24, 2.45) is 0 Å². The topological polar surface area (TPSA) is 67.7 Å². The van der Waals surface area contributed by atoms with Gasteiger partial charge in [0.25, 0.3) is 0 Å². The Hall–Kier alpha value is -3.61. The summed E-state index contributed by atoms with van der Waals surface area (Å²) in [6.45, 7) is 4.53. The number of benzene rings is 2. The maximum Gasteiger partial charge on any atom is 0.410 e. The van der Waals surface area contributed by atoms with Crippen molar-refractivity contribution in [1.29, 1.82) is 0 Å². The van der Waals surface area contributed by atoms with Crippen molar-refractivity contribution in [2.45, 2.75) is 70.6 Å². The minimum atomic E-state index is -0.706. The number of rotatable bonds is 7. The van der Waals surface area contributed by atoms with E-state index in [4.69, 9.17) is 9.72 Å². The second-order valence-corrected chi connectivity index (χ2v) is 10.5. The van der Waals surface area contributed by atoms with E-state index < -0.39 is 5.41 Å². The molecule has 1 aromatic heterocycles. The van der Waals surface area contributed by atoms with Gasteiger partial charge in [-0.05, 0) is 49.3 Å². The molecule has 0 saturated carbocycles. The fourth-order valence-corrected chi connectivity index (χ4v) is 6.10. The Bertz CT molecular complexity index is 1310. The molecule has 37 heavy (non-hydrogen) atoms. The van der Waals surface area contributed by atoms with E-state index >= 15 is 0 Å². The Labute approximate surface area is 218 Å². The third-order valence-corrected chi connectivity index (χ3v) is 8.10. The van der Waals surface area contributed by atoms with Crippen molar-refractivity contribution in [2.75, 3.05) is 18.0 Å². The molecule has 3 aromatic rings. The largest absolute Gasteiger partial charge is 0.445 e. The van der Waals surface area contributed by atoms with Gasteiger partial charge in [-0.15, -0.1) is 0 Å². The van der Waals surface area contributed by atoms with Gasteiger partial charge < -0.3 is 19.1 Å². The Morgan fingerprint density at radius 1 is 1.03 bits per heavy atom. The van der Waals surface area contributed by atoms with Gasteiger partial charge in [0.2, 0.25) is 5.91 Å². The molecule has 0 N–H and O–H groups in total. The minimum absolute atomic E-state index is 0.0591. The maximum absolute atomic E-state index is 14.0. The zero-order valence-electron chi connectivity index (χ0n) is 21.5. The highest BCUT2D eigenvalue weighted by Crippen LogP contribution is 2.48. The molecule has 2 aliphatic heterocycles. The van der Waals surface area contributed by atoms with Crippen molar-refractivity contribution in [1.82, 2.24) is 14.5 Å². The van der Waals surface area contributed by atoms with Gasteiger partial charge >= 0.3 is 6.09 Å². The van der Waals surface area contributed by atoms with Crippen LogP contribution in [0.4, 0.5) is 10.5 Å². The Balaban J connectivity index is 1.21. The summed E-state index contributed by atoms with van der Waals surface area (Å²) in [6, 6.07) is 17.7. The van der Waals surface area contributed by atoms with Crippen molar-refractivity contribution < 1.29 is 14.3 Å². The fourth-order valence-electron chi connectivity index (χ4n) is 6.10. The molecule has 7 nitrogen and oxygen atoms in total. The number of hydrogen-bond acceptors (Lipinski definition) is 4. The van der Waals surface area contributed by atoms with Gasteiger partial charge in [0.05, 0.1) is 12.2 Å². The van der Waals surface area contributed by atoms with Crippen LogP contribution in [-0.4, -0.2) is 39.5 Å². The van der Waals surface area contributed by atoms with Gasteiger partial charge in [-0.25, -0.2) is 9.78 Å². The van der Waals surface area contributed by atoms with Crippen LogP contribution >= 0.6 is 0 Å². The van der Waals surface area contributed by atoms with Crippen LogP contribution in [0, 0.1) is 0 Å². The zero-order chi connectivity index (χ0) is 25.4. The van der Waals surface area contributed by atoms with Crippen LogP contribution in [0.25, 0.3) is 0 Å². The van der Waals surface area contributed by atoms with Crippen molar-refractivity contribution in [3.8, 4) is 0 Å². The molecule has 1 aliphatic carbocycles. The summed E-state index contributed by atoms with van der Waals surface area (Å²) >= 11 is 0. The molecular weight excluding hydrogens is 464 g/mol. The molecule has 2 amide bonds. The van der Waals surface area contributed by atoms with Crippen LogP contribution in [0.5, 0.6) is 0 Å². The van der Waals surface area contributed by atoms with Gasteiger partial charge in [-0.2, -0.15) is 0 Å². The van der Waals surface area contributed by atoms with Crippen molar-refractivity contribution in [3.05, 3.63) is 82.9 Å². The molecule has 6 rings (SSSR count). The smallest absolute Gasteiger partial charge is 0.410 e. The van der Waals surface area contributed by atoms with Crippen molar-refractivity contribution >= 4 is 17.7 Å². The molecule has 1 fully saturated rings.